The summed E-state index contributed by atoms with van der Waals surface area (Å²) in [5.41, 5.74) is 2.88. The number of hydrogen-bond acceptors (Lipinski definition) is 5. The molecule has 5 aromatic rings. The monoisotopic (exact) mass is 540 g/mol. The number of ether oxygens (including phenoxy) is 1. The second-order valence-electron chi connectivity index (χ2n) is 8.39. The highest BCUT2D eigenvalue weighted by atomic mass is 35.5. The van der Waals surface area contributed by atoms with Gasteiger partial charge in [-0.1, -0.05) is 72.3 Å². The van der Waals surface area contributed by atoms with E-state index in [-0.39, 0.29) is 11.0 Å². The summed E-state index contributed by atoms with van der Waals surface area (Å²) in [7, 11) is 0. The molecule has 1 heterocycles. The van der Waals surface area contributed by atoms with E-state index in [9.17, 15) is 9.59 Å². The number of amides is 1. The van der Waals surface area contributed by atoms with Gasteiger partial charge in [0.1, 0.15) is 17.9 Å². The third-order valence-electron chi connectivity index (χ3n) is 5.73. The number of para-hydroxylation sites is 1. The van der Waals surface area contributed by atoms with Crippen molar-refractivity contribution in [1.82, 2.24) is 5.32 Å². The molecular weight excluding hydrogens is 520 g/mol. The zero-order chi connectivity index (χ0) is 26.5. The van der Waals surface area contributed by atoms with Gasteiger partial charge in [-0.3, -0.25) is 10.1 Å². The van der Waals surface area contributed by atoms with E-state index in [2.05, 4.69) is 10.6 Å². The summed E-state index contributed by atoms with van der Waals surface area (Å²) in [4.78, 5) is 25.3. The van der Waals surface area contributed by atoms with Crippen LogP contribution in [0, 0.1) is 0 Å². The second kappa shape index (κ2) is 11.3. The summed E-state index contributed by atoms with van der Waals surface area (Å²) in [5.74, 6) is 0.185. The van der Waals surface area contributed by atoms with Gasteiger partial charge >= 0.3 is 5.63 Å². The Morgan fingerprint density at radius 3 is 2.47 bits per heavy atom. The van der Waals surface area contributed by atoms with E-state index in [1.807, 2.05) is 42.5 Å². The highest BCUT2D eigenvalue weighted by molar-refractivity contribution is 7.80. The van der Waals surface area contributed by atoms with Crippen molar-refractivity contribution in [2.24, 2.45) is 0 Å². The molecule has 2 N–H and O–H groups in total. The van der Waals surface area contributed by atoms with Crippen molar-refractivity contribution in [3.05, 3.63) is 130 Å². The summed E-state index contributed by atoms with van der Waals surface area (Å²) < 4.78 is 11.2. The molecule has 0 radical (unpaired) electrons. The van der Waals surface area contributed by atoms with Gasteiger partial charge in [-0.25, -0.2) is 4.79 Å². The van der Waals surface area contributed by atoms with Crippen LogP contribution in [0.15, 0.2) is 112 Å². The van der Waals surface area contributed by atoms with E-state index in [1.54, 1.807) is 60.7 Å². The third kappa shape index (κ3) is 5.91. The molecule has 8 heteroatoms. The number of halogens is 1. The van der Waals surface area contributed by atoms with E-state index in [0.29, 0.717) is 45.3 Å². The molecule has 0 unspecified atom stereocenters. The SMILES string of the molecule is O=C(NC(=S)Nc1ccc(-c2cc3ccccc3oc2=O)c(Cl)c1)c1cccc(OCc2ccccc2)c1. The summed E-state index contributed by atoms with van der Waals surface area (Å²) in [6.45, 7) is 0.393. The Morgan fingerprint density at radius 1 is 0.868 bits per heavy atom. The van der Waals surface area contributed by atoms with Crippen molar-refractivity contribution in [1.29, 1.82) is 0 Å². The average Bonchev–Trinajstić information content (AvgIpc) is 2.92. The zero-order valence-corrected chi connectivity index (χ0v) is 21.5. The highest BCUT2D eigenvalue weighted by Gasteiger charge is 2.13. The van der Waals surface area contributed by atoms with Crippen LogP contribution in [-0.2, 0) is 6.61 Å². The van der Waals surface area contributed by atoms with Crippen LogP contribution in [0.5, 0.6) is 5.75 Å². The predicted molar refractivity (Wildman–Crippen MR) is 154 cm³/mol. The van der Waals surface area contributed by atoms with Gasteiger partial charge in [0.25, 0.3) is 5.91 Å². The summed E-state index contributed by atoms with van der Waals surface area (Å²) in [6.07, 6.45) is 0. The molecule has 0 saturated heterocycles. The van der Waals surface area contributed by atoms with Crippen LogP contribution in [0.2, 0.25) is 5.02 Å². The summed E-state index contributed by atoms with van der Waals surface area (Å²) in [6, 6.07) is 30.7. The minimum Gasteiger partial charge on any atom is -0.489 e. The molecule has 0 saturated carbocycles. The lowest BCUT2D eigenvalue weighted by Crippen LogP contribution is -2.34. The van der Waals surface area contributed by atoms with Crippen LogP contribution in [0.25, 0.3) is 22.1 Å². The Kier molecular flexibility index (Phi) is 7.49. The van der Waals surface area contributed by atoms with Gasteiger partial charge < -0.3 is 14.5 Å². The first-order chi connectivity index (χ1) is 18.5. The van der Waals surface area contributed by atoms with Crippen molar-refractivity contribution in [3.8, 4) is 16.9 Å². The predicted octanol–water partition coefficient (Wildman–Crippen LogP) is 6.82. The van der Waals surface area contributed by atoms with Gasteiger partial charge in [0.05, 0.1) is 10.6 Å². The van der Waals surface area contributed by atoms with Crippen molar-refractivity contribution in [2.75, 3.05) is 5.32 Å². The van der Waals surface area contributed by atoms with Crippen LogP contribution in [0.4, 0.5) is 5.69 Å². The number of rotatable bonds is 6. The van der Waals surface area contributed by atoms with Crippen LogP contribution in [-0.4, -0.2) is 11.0 Å². The second-order valence-corrected chi connectivity index (χ2v) is 9.21. The largest absolute Gasteiger partial charge is 0.489 e. The van der Waals surface area contributed by atoms with Crippen LogP contribution in [0.3, 0.4) is 0 Å². The van der Waals surface area contributed by atoms with Gasteiger partial charge in [0.2, 0.25) is 0 Å². The molecule has 0 fully saturated rings. The lowest BCUT2D eigenvalue weighted by atomic mass is 10.1. The standard InChI is InChI=1S/C30H21ClN2O4S/c31-26-17-22(13-14-24(26)25-16-20-9-4-5-12-27(20)37-29(25)35)32-30(38)33-28(34)21-10-6-11-23(15-21)36-18-19-7-2-1-3-8-19/h1-17H,18H2,(H2,32,33,34,38). The van der Waals surface area contributed by atoms with E-state index < -0.39 is 5.63 Å². The van der Waals surface area contributed by atoms with Crippen molar-refractivity contribution >= 4 is 51.5 Å². The number of carbonyl (C=O) groups excluding carboxylic acids is 1. The highest BCUT2D eigenvalue weighted by Crippen LogP contribution is 2.30. The van der Waals surface area contributed by atoms with Crippen LogP contribution < -0.4 is 21.0 Å². The minimum atomic E-state index is -0.482. The lowest BCUT2D eigenvalue weighted by molar-refractivity contribution is 0.0977. The Morgan fingerprint density at radius 2 is 1.66 bits per heavy atom. The Hall–Kier alpha value is -4.46. The van der Waals surface area contributed by atoms with Crippen molar-refractivity contribution < 1.29 is 13.9 Å². The van der Waals surface area contributed by atoms with E-state index >= 15 is 0 Å². The fraction of sp³-hybridized carbons (Fsp3) is 0.0333. The number of benzene rings is 4. The maximum absolute atomic E-state index is 12.8. The quantitative estimate of drug-likeness (QED) is 0.182. The third-order valence-corrected chi connectivity index (χ3v) is 6.25. The molecule has 6 nitrogen and oxygen atoms in total. The smallest absolute Gasteiger partial charge is 0.344 e. The molecule has 1 aromatic heterocycles. The van der Waals surface area contributed by atoms with Crippen LogP contribution in [0.1, 0.15) is 15.9 Å². The van der Waals surface area contributed by atoms with Gasteiger partial charge in [-0.2, -0.15) is 0 Å². The number of anilines is 1. The number of carbonyl (C=O) groups is 1. The molecule has 0 aliphatic heterocycles. The molecular formula is C30H21ClN2O4S. The Balaban J connectivity index is 1.24. The molecule has 1 amide bonds. The minimum absolute atomic E-state index is 0.0969. The van der Waals surface area contributed by atoms with Crippen molar-refractivity contribution in [3.63, 3.8) is 0 Å². The fourth-order valence-corrected chi connectivity index (χ4v) is 4.36. The fourth-order valence-electron chi connectivity index (χ4n) is 3.87. The Labute approximate surface area is 228 Å². The topological polar surface area (TPSA) is 80.6 Å². The number of fused-ring (bicyclic) bond motifs is 1. The summed E-state index contributed by atoms with van der Waals surface area (Å²) >= 11 is 11.8. The van der Waals surface area contributed by atoms with Gasteiger partial charge in [-0.05, 0) is 60.2 Å². The molecule has 0 atom stereocenters. The van der Waals surface area contributed by atoms with Gasteiger partial charge in [0.15, 0.2) is 5.11 Å². The first-order valence-electron chi connectivity index (χ1n) is 11.7. The average molecular weight is 541 g/mol. The van der Waals surface area contributed by atoms with Gasteiger partial charge in [-0.15, -0.1) is 0 Å². The first kappa shape index (κ1) is 25.2. The molecule has 0 aliphatic rings. The zero-order valence-electron chi connectivity index (χ0n) is 19.9. The first-order valence-corrected chi connectivity index (χ1v) is 12.5. The molecule has 4 aromatic carbocycles. The summed E-state index contributed by atoms with van der Waals surface area (Å²) in [5, 5.41) is 6.82. The molecule has 188 valence electrons. The van der Waals surface area contributed by atoms with E-state index in [4.69, 9.17) is 33.0 Å². The Bertz CT molecular complexity index is 1700. The number of hydrogen-bond donors (Lipinski definition) is 2. The van der Waals surface area contributed by atoms with E-state index in [0.717, 1.165) is 10.9 Å². The molecule has 0 spiro atoms. The van der Waals surface area contributed by atoms with Crippen LogP contribution >= 0.6 is 23.8 Å². The van der Waals surface area contributed by atoms with Gasteiger partial charge in [0, 0.05) is 22.2 Å². The molecule has 38 heavy (non-hydrogen) atoms. The maximum Gasteiger partial charge on any atom is 0.344 e. The number of nitrogens with one attached hydrogen (secondary N) is 2. The molecule has 0 bridgehead atoms. The normalized spacial score (nSPS) is 10.7. The number of thiocarbonyl (C=S) groups is 1. The van der Waals surface area contributed by atoms with Crippen molar-refractivity contribution in [2.45, 2.75) is 6.61 Å². The lowest BCUT2D eigenvalue weighted by Gasteiger charge is -2.12. The van der Waals surface area contributed by atoms with E-state index in [1.165, 1.54) is 0 Å². The molecule has 5 rings (SSSR count). The molecule has 0 aliphatic carbocycles. The maximum atomic E-state index is 12.8.